The first-order valence-electron chi connectivity index (χ1n) is 10.2. The third-order valence-electron chi connectivity index (χ3n) is 5.51. The fourth-order valence-electron chi connectivity index (χ4n) is 3.98. The van der Waals surface area contributed by atoms with Crippen molar-refractivity contribution >= 4 is 5.91 Å². The number of carbonyl (C=O) groups excluding carboxylic acids is 1. The molecule has 0 radical (unpaired) electrons. The van der Waals surface area contributed by atoms with E-state index in [1.165, 1.54) is 0 Å². The van der Waals surface area contributed by atoms with Crippen molar-refractivity contribution in [2.75, 3.05) is 6.54 Å². The first-order valence-corrected chi connectivity index (χ1v) is 10.2. The standard InChI is InChI=1S/C22H26N6O/c1-4-27-12-9-19(26-27)22(29)28-11-6-5-7-20(28)21-18(14-24-16(3)25-21)17-8-10-23-13-15(17)2/h8-10,12-14,20H,4-7,11H2,1-3H3/t20-/m0/s1. The molecule has 0 unspecified atom stereocenters. The summed E-state index contributed by atoms with van der Waals surface area (Å²) in [6, 6.07) is 3.70. The molecule has 29 heavy (non-hydrogen) atoms. The van der Waals surface area contributed by atoms with Crippen LogP contribution in [-0.4, -0.2) is 42.1 Å². The topological polar surface area (TPSA) is 76.8 Å². The second kappa shape index (κ2) is 8.11. The summed E-state index contributed by atoms with van der Waals surface area (Å²) >= 11 is 0. The second-order valence-corrected chi connectivity index (χ2v) is 7.47. The maximum atomic E-state index is 13.3. The van der Waals surface area contributed by atoms with Gasteiger partial charge < -0.3 is 4.90 Å². The number of aryl methyl sites for hydroxylation is 3. The number of hydrogen-bond acceptors (Lipinski definition) is 5. The second-order valence-electron chi connectivity index (χ2n) is 7.47. The summed E-state index contributed by atoms with van der Waals surface area (Å²) in [7, 11) is 0. The molecule has 4 heterocycles. The number of aromatic nitrogens is 5. The van der Waals surface area contributed by atoms with E-state index in [0.29, 0.717) is 18.1 Å². The van der Waals surface area contributed by atoms with Crippen molar-refractivity contribution in [3.63, 3.8) is 0 Å². The molecule has 0 spiro atoms. The summed E-state index contributed by atoms with van der Waals surface area (Å²) < 4.78 is 1.78. The lowest BCUT2D eigenvalue weighted by atomic mass is 9.92. The molecule has 1 aliphatic heterocycles. The first-order chi connectivity index (χ1) is 14.1. The Kier molecular flexibility index (Phi) is 5.38. The van der Waals surface area contributed by atoms with Gasteiger partial charge in [0.15, 0.2) is 0 Å². The normalized spacial score (nSPS) is 16.8. The number of rotatable bonds is 4. The van der Waals surface area contributed by atoms with Crippen LogP contribution in [0.15, 0.2) is 36.9 Å². The number of hydrogen-bond donors (Lipinski definition) is 0. The van der Waals surface area contributed by atoms with E-state index in [2.05, 4.69) is 15.1 Å². The van der Waals surface area contributed by atoms with E-state index in [9.17, 15) is 4.79 Å². The average molecular weight is 390 g/mol. The zero-order valence-corrected chi connectivity index (χ0v) is 17.2. The minimum Gasteiger partial charge on any atom is -0.329 e. The molecule has 7 heteroatoms. The Morgan fingerprint density at radius 2 is 2.03 bits per heavy atom. The molecule has 1 fully saturated rings. The van der Waals surface area contributed by atoms with Gasteiger partial charge >= 0.3 is 0 Å². The molecule has 4 rings (SSSR count). The Morgan fingerprint density at radius 1 is 1.17 bits per heavy atom. The number of likely N-dealkylation sites (tertiary alicyclic amines) is 1. The molecule has 3 aromatic rings. The summed E-state index contributed by atoms with van der Waals surface area (Å²) in [6.45, 7) is 7.39. The minimum atomic E-state index is -0.0905. The quantitative estimate of drug-likeness (QED) is 0.678. The molecular weight excluding hydrogens is 364 g/mol. The number of amides is 1. The molecule has 0 bridgehead atoms. The number of pyridine rings is 1. The number of piperidine rings is 1. The largest absolute Gasteiger partial charge is 0.329 e. The van der Waals surface area contributed by atoms with Gasteiger partial charge in [-0.25, -0.2) is 9.97 Å². The van der Waals surface area contributed by atoms with Gasteiger partial charge in [-0.15, -0.1) is 0 Å². The summed E-state index contributed by atoms with van der Waals surface area (Å²) in [4.78, 5) is 28.7. The Balaban J connectivity index is 1.76. The highest BCUT2D eigenvalue weighted by atomic mass is 16.2. The van der Waals surface area contributed by atoms with Gasteiger partial charge in [0.05, 0.1) is 11.7 Å². The van der Waals surface area contributed by atoms with Crippen LogP contribution in [0.2, 0.25) is 0 Å². The molecule has 1 saturated heterocycles. The van der Waals surface area contributed by atoms with Crippen LogP contribution in [0.5, 0.6) is 0 Å². The maximum Gasteiger partial charge on any atom is 0.274 e. The molecule has 0 aromatic carbocycles. The predicted molar refractivity (Wildman–Crippen MR) is 110 cm³/mol. The van der Waals surface area contributed by atoms with Crippen molar-refractivity contribution < 1.29 is 4.79 Å². The van der Waals surface area contributed by atoms with Crippen molar-refractivity contribution in [1.82, 2.24) is 29.6 Å². The third-order valence-corrected chi connectivity index (χ3v) is 5.51. The van der Waals surface area contributed by atoms with Crippen LogP contribution in [0.4, 0.5) is 0 Å². The lowest BCUT2D eigenvalue weighted by Gasteiger charge is -2.36. The van der Waals surface area contributed by atoms with Gasteiger partial charge in [0.1, 0.15) is 11.5 Å². The van der Waals surface area contributed by atoms with Gasteiger partial charge in [-0.1, -0.05) is 0 Å². The first kappa shape index (κ1) is 19.2. The van der Waals surface area contributed by atoms with Gasteiger partial charge in [-0.2, -0.15) is 5.10 Å². The molecule has 0 saturated carbocycles. The van der Waals surface area contributed by atoms with Crippen molar-refractivity contribution in [3.8, 4) is 11.1 Å². The lowest BCUT2D eigenvalue weighted by Crippen LogP contribution is -2.39. The van der Waals surface area contributed by atoms with Crippen LogP contribution in [0, 0.1) is 13.8 Å². The number of nitrogens with zero attached hydrogens (tertiary/aromatic N) is 6. The molecule has 1 amide bonds. The fraction of sp³-hybridized carbons (Fsp3) is 0.409. The summed E-state index contributed by atoms with van der Waals surface area (Å²) in [5, 5.41) is 4.43. The van der Waals surface area contributed by atoms with Gasteiger partial charge in [0.25, 0.3) is 5.91 Å². The van der Waals surface area contributed by atoms with E-state index in [1.54, 1.807) is 16.9 Å². The minimum absolute atomic E-state index is 0.0319. The van der Waals surface area contributed by atoms with Crippen LogP contribution >= 0.6 is 0 Å². The monoisotopic (exact) mass is 390 g/mol. The van der Waals surface area contributed by atoms with E-state index < -0.39 is 0 Å². The molecular formula is C22H26N6O. The van der Waals surface area contributed by atoms with E-state index in [0.717, 1.165) is 48.2 Å². The highest BCUT2D eigenvalue weighted by molar-refractivity contribution is 5.92. The van der Waals surface area contributed by atoms with Crippen LogP contribution in [-0.2, 0) is 6.54 Å². The van der Waals surface area contributed by atoms with Crippen molar-refractivity contribution in [2.24, 2.45) is 0 Å². The smallest absolute Gasteiger partial charge is 0.274 e. The molecule has 1 atom stereocenters. The predicted octanol–water partition coefficient (Wildman–Crippen LogP) is 3.74. The molecule has 0 aliphatic carbocycles. The third kappa shape index (κ3) is 3.77. The summed E-state index contributed by atoms with van der Waals surface area (Å²) in [6.07, 6.45) is 10.3. The maximum absolute atomic E-state index is 13.3. The highest BCUT2D eigenvalue weighted by Crippen LogP contribution is 2.37. The molecule has 0 N–H and O–H groups in total. The zero-order valence-electron chi connectivity index (χ0n) is 17.2. The lowest BCUT2D eigenvalue weighted by molar-refractivity contribution is 0.0599. The Morgan fingerprint density at radius 3 is 2.79 bits per heavy atom. The van der Waals surface area contributed by atoms with E-state index in [1.807, 2.05) is 50.3 Å². The Bertz CT molecular complexity index is 1030. The molecule has 150 valence electrons. The van der Waals surface area contributed by atoms with E-state index >= 15 is 0 Å². The SMILES string of the molecule is CCn1ccc(C(=O)N2CCCC[C@H]2c2nc(C)ncc2-c2ccncc2C)n1. The summed E-state index contributed by atoms with van der Waals surface area (Å²) in [5.41, 5.74) is 4.50. The van der Waals surface area contributed by atoms with E-state index in [4.69, 9.17) is 4.98 Å². The molecule has 1 aliphatic rings. The van der Waals surface area contributed by atoms with Crippen molar-refractivity contribution in [2.45, 2.75) is 52.6 Å². The Hall–Kier alpha value is -3.09. The van der Waals surface area contributed by atoms with E-state index in [-0.39, 0.29) is 11.9 Å². The zero-order chi connectivity index (χ0) is 20.4. The van der Waals surface area contributed by atoms with Gasteiger partial charge in [0.2, 0.25) is 0 Å². The summed E-state index contributed by atoms with van der Waals surface area (Å²) in [5.74, 6) is 0.680. The fourth-order valence-corrected chi connectivity index (χ4v) is 3.98. The van der Waals surface area contributed by atoms with Crippen LogP contribution < -0.4 is 0 Å². The van der Waals surface area contributed by atoms with Crippen LogP contribution in [0.1, 0.15) is 59.8 Å². The molecule has 7 nitrogen and oxygen atoms in total. The van der Waals surface area contributed by atoms with Gasteiger partial charge in [0, 0.05) is 43.4 Å². The molecule has 3 aromatic heterocycles. The van der Waals surface area contributed by atoms with Gasteiger partial charge in [-0.05, 0) is 63.3 Å². The number of carbonyl (C=O) groups is 1. The van der Waals surface area contributed by atoms with Crippen molar-refractivity contribution in [3.05, 3.63) is 59.7 Å². The van der Waals surface area contributed by atoms with Crippen LogP contribution in [0.3, 0.4) is 0 Å². The average Bonchev–Trinajstić information content (AvgIpc) is 3.23. The Labute approximate surface area is 170 Å². The van der Waals surface area contributed by atoms with Gasteiger partial charge in [-0.3, -0.25) is 14.5 Å². The van der Waals surface area contributed by atoms with Crippen molar-refractivity contribution in [1.29, 1.82) is 0 Å². The highest BCUT2D eigenvalue weighted by Gasteiger charge is 2.33. The van der Waals surface area contributed by atoms with Crippen LogP contribution in [0.25, 0.3) is 11.1 Å².